The van der Waals surface area contributed by atoms with Crippen LogP contribution in [0.4, 0.5) is 0 Å². The lowest BCUT2D eigenvalue weighted by Gasteiger charge is -2.17. The highest BCUT2D eigenvalue weighted by Gasteiger charge is 2.20. The van der Waals surface area contributed by atoms with Gasteiger partial charge in [0.05, 0.1) is 5.56 Å². The van der Waals surface area contributed by atoms with Gasteiger partial charge in [0.2, 0.25) is 0 Å². The molecule has 2 heteroatoms. The Labute approximate surface area is 216 Å². The van der Waals surface area contributed by atoms with E-state index < -0.39 is 0 Å². The highest BCUT2D eigenvalue weighted by molar-refractivity contribution is 6.13. The minimum atomic E-state index is -0.0719. The Balaban J connectivity index is 1.61. The molecule has 0 aliphatic heterocycles. The van der Waals surface area contributed by atoms with Gasteiger partial charge in [0.1, 0.15) is 5.75 Å². The number of hydrogen-bond donors (Lipinski definition) is 1. The first-order valence-electron chi connectivity index (χ1n) is 12.6. The van der Waals surface area contributed by atoms with Crippen LogP contribution in [0.5, 0.6) is 5.75 Å². The summed E-state index contributed by atoms with van der Waals surface area (Å²) in [6, 6.07) is 41.2. The van der Waals surface area contributed by atoms with E-state index in [1.165, 1.54) is 0 Å². The molecular formula is C35H26O2. The number of benzene rings is 6. The Morgan fingerprint density at radius 2 is 1.19 bits per heavy atom. The van der Waals surface area contributed by atoms with Gasteiger partial charge in [0.15, 0.2) is 5.78 Å². The van der Waals surface area contributed by atoms with Crippen LogP contribution in [0.1, 0.15) is 23.7 Å². The molecule has 1 N–H and O–H groups in total. The van der Waals surface area contributed by atoms with E-state index >= 15 is 0 Å². The molecule has 6 aromatic rings. The van der Waals surface area contributed by atoms with Crippen LogP contribution in [0.3, 0.4) is 0 Å². The molecule has 0 aliphatic rings. The van der Waals surface area contributed by atoms with Gasteiger partial charge in [-0.1, -0.05) is 110 Å². The average Bonchev–Trinajstić information content (AvgIpc) is 2.96. The number of rotatable bonds is 5. The van der Waals surface area contributed by atoms with E-state index in [1.807, 2.05) is 61.5 Å². The van der Waals surface area contributed by atoms with E-state index in [0.717, 1.165) is 49.4 Å². The molecule has 2 nitrogen and oxygen atoms in total. The predicted octanol–water partition coefficient (Wildman–Crippen LogP) is 9.29. The summed E-state index contributed by atoms with van der Waals surface area (Å²) in [5.41, 5.74) is 6.47. The van der Waals surface area contributed by atoms with Crippen molar-refractivity contribution in [3.63, 3.8) is 0 Å². The van der Waals surface area contributed by atoms with Gasteiger partial charge in [0, 0.05) is 12.0 Å². The van der Waals surface area contributed by atoms with Crippen LogP contribution in [0.2, 0.25) is 0 Å². The Hall–Kier alpha value is -4.69. The summed E-state index contributed by atoms with van der Waals surface area (Å²) in [7, 11) is 0. The number of ketones is 1. The first-order valence-corrected chi connectivity index (χ1v) is 12.6. The number of phenolic OH excluding ortho intramolecular Hbond substituents is 1. The van der Waals surface area contributed by atoms with Crippen LogP contribution < -0.4 is 0 Å². The normalized spacial score (nSPS) is 11.2. The van der Waals surface area contributed by atoms with Gasteiger partial charge in [-0.05, 0) is 67.6 Å². The Kier molecular flexibility index (Phi) is 5.78. The number of phenols is 1. The van der Waals surface area contributed by atoms with E-state index in [0.29, 0.717) is 17.5 Å². The molecule has 6 aromatic carbocycles. The lowest BCUT2D eigenvalue weighted by molar-refractivity contribution is 0.0986. The number of carbonyl (C=O) groups is 1. The van der Waals surface area contributed by atoms with Crippen molar-refractivity contribution in [2.75, 3.05) is 0 Å². The molecule has 0 amide bonds. The van der Waals surface area contributed by atoms with Crippen molar-refractivity contribution < 1.29 is 9.90 Å². The topological polar surface area (TPSA) is 37.3 Å². The van der Waals surface area contributed by atoms with Gasteiger partial charge in [-0.15, -0.1) is 0 Å². The van der Waals surface area contributed by atoms with Crippen molar-refractivity contribution in [2.45, 2.75) is 13.3 Å². The first-order chi connectivity index (χ1) is 18.1. The van der Waals surface area contributed by atoms with Gasteiger partial charge in [-0.25, -0.2) is 0 Å². The zero-order valence-electron chi connectivity index (χ0n) is 20.6. The maximum atomic E-state index is 12.9. The number of Topliss-reactive ketones (excluding diaryl/α,β-unsaturated/α-hetero) is 1. The van der Waals surface area contributed by atoms with Crippen LogP contribution in [0.15, 0.2) is 121 Å². The predicted molar refractivity (Wildman–Crippen MR) is 154 cm³/mol. The summed E-state index contributed by atoms with van der Waals surface area (Å²) < 4.78 is 0. The summed E-state index contributed by atoms with van der Waals surface area (Å²) in [4.78, 5) is 12.9. The van der Waals surface area contributed by atoms with Gasteiger partial charge < -0.3 is 5.11 Å². The summed E-state index contributed by atoms with van der Waals surface area (Å²) in [6.45, 7) is 1.83. The van der Waals surface area contributed by atoms with Crippen molar-refractivity contribution in [2.24, 2.45) is 0 Å². The second kappa shape index (κ2) is 9.40. The molecular weight excluding hydrogens is 452 g/mol. The molecule has 0 bridgehead atoms. The van der Waals surface area contributed by atoms with Crippen molar-refractivity contribution in [3.8, 4) is 39.1 Å². The van der Waals surface area contributed by atoms with Crippen LogP contribution in [-0.2, 0) is 0 Å². The van der Waals surface area contributed by atoms with E-state index in [1.54, 1.807) is 0 Å². The summed E-state index contributed by atoms with van der Waals surface area (Å²) in [5, 5.41) is 15.5. The number of fused-ring (bicyclic) bond motifs is 2. The molecule has 0 saturated carbocycles. The maximum absolute atomic E-state index is 12.9. The summed E-state index contributed by atoms with van der Waals surface area (Å²) in [5.74, 6) is -0.0242. The minimum Gasteiger partial charge on any atom is -0.507 e. The highest BCUT2D eigenvalue weighted by atomic mass is 16.3. The van der Waals surface area contributed by atoms with E-state index in [-0.39, 0.29) is 11.5 Å². The summed E-state index contributed by atoms with van der Waals surface area (Å²) in [6.07, 6.45) is 0.326. The standard InChI is InChI=1S/C35H26O2/c1-2-33(36)32-22-28-21-26(24-12-7-4-8-13-24)17-19-30(28)34(35(32)37)31-15-9-14-27-20-25(16-18-29(27)31)23-10-5-3-6-11-23/h3-22,37H,2H2,1H3. The van der Waals surface area contributed by atoms with Gasteiger partial charge in [-0.2, -0.15) is 0 Å². The summed E-state index contributed by atoms with van der Waals surface area (Å²) >= 11 is 0. The van der Waals surface area contributed by atoms with E-state index in [2.05, 4.69) is 66.7 Å². The SMILES string of the molecule is CCC(=O)c1cc2cc(-c3ccccc3)ccc2c(-c2cccc3cc(-c4ccccc4)ccc23)c1O. The third kappa shape index (κ3) is 4.07. The van der Waals surface area contributed by atoms with E-state index in [4.69, 9.17) is 0 Å². The Morgan fingerprint density at radius 3 is 1.81 bits per heavy atom. The average molecular weight is 479 g/mol. The molecule has 0 aliphatic carbocycles. The fourth-order valence-electron chi connectivity index (χ4n) is 5.19. The van der Waals surface area contributed by atoms with Gasteiger partial charge in [0.25, 0.3) is 0 Å². The zero-order valence-corrected chi connectivity index (χ0v) is 20.6. The second-order valence-electron chi connectivity index (χ2n) is 9.33. The minimum absolute atomic E-state index is 0.0476. The zero-order chi connectivity index (χ0) is 25.4. The van der Waals surface area contributed by atoms with Gasteiger partial charge >= 0.3 is 0 Å². The molecule has 37 heavy (non-hydrogen) atoms. The molecule has 0 heterocycles. The van der Waals surface area contributed by atoms with Crippen molar-refractivity contribution in [3.05, 3.63) is 127 Å². The highest BCUT2D eigenvalue weighted by Crippen LogP contribution is 2.44. The maximum Gasteiger partial charge on any atom is 0.166 e. The fourth-order valence-corrected chi connectivity index (χ4v) is 5.19. The molecule has 0 spiro atoms. The number of hydrogen-bond acceptors (Lipinski definition) is 2. The largest absolute Gasteiger partial charge is 0.507 e. The quantitative estimate of drug-likeness (QED) is 0.251. The van der Waals surface area contributed by atoms with Crippen molar-refractivity contribution in [1.29, 1.82) is 0 Å². The number of aromatic hydroxyl groups is 1. The molecule has 0 aromatic heterocycles. The Morgan fingerprint density at radius 1 is 0.595 bits per heavy atom. The lowest BCUT2D eigenvalue weighted by Crippen LogP contribution is -1.99. The van der Waals surface area contributed by atoms with Crippen LogP contribution in [-0.4, -0.2) is 10.9 Å². The van der Waals surface area contributed by atoms with E-state index in [9.17, 15) is 9.90 Å². The fraction of sp³-hybridized carbons (Fsp3) is 0.0571. The third-order valence-electron chi connectivity index (χ3n) is 7.10. The molecule has 0 fully saturated rings. The van der Waals surface area contributed by atoms with Gasteiger partial charge in [-0.3, -0.25) is 4.79 Å². The molecule has 6 rings (SSSR count). The number of carbonyl (C=O) groups excluding carboxylic acids is 1. The van der Waals surface area contributed by atoms with Crippen LogP contribution >= 0.6 is 0 Å². The molecule has 178 valence electrons. The molecule has 0 radical (unpaired) electrons. The monoisotopic (exact) mass is 478 g/mol. The van der Waals surface area contributed by atoms with Crippen molar-refractivity contribution >= 4 is 27.3 Å². The lowest BCUT2D eigenvalue weighted by atomic mass is 9.88. The molecule has 0 saturated heterocycles. The Bertz CT molecular complexity index is 1770. The second-order valence-corrected chi connectivity index (χ2v) is 9.33. The molecule has 0 atom stereocenters. The first kappa shape index (κ1) is 22.8. The van der Waals surface area contributed by atoms with Crippen LogP contribution in [0.25, 0.3) is 54.9 Å². The van der Waals surface area contributed by atoms with Crippen molar-refractivity contribution in [1.82, 2.24) is 0 Å². The third-order valence-corrected chi connectivity index (χ3v) is 7.10. The smallest absolute Gasteiger partial charge is 0.166 e. The molecule has 0 unspecified atom stereocenters. The van der Waals surface area contributed by atoms with Crippen LogP contribution in [0, 0.1) is 0 Å².